The SMILES string of the molecule is Cc1cc(C2C(c3ccccn3)NC(=S)N2c2ccc(N3CC(C)CC(C)C3)c(Cl)c2)c(C)n1-c1ccc(Br)cc1. The highest BCUT2D eigenvalue weighted by Crippen LogP contribution is 2.45. The summed E-state index contributed by atoms with van der Waals surface area (Å²) < 4.78 is 3.37. The topological polar surface area (TPSA) is 36.3 Å². The molecule has 8 heteroatoms. The molecule has 2 aliphatic rings. The summed E-state index contributed by atoms with van der Waals surface area (Å²) >= 11 is 16.6. The molecule has 4 unspecified atom stereocenters. The molecular formula is C33H35BrClN5S. The van der Waals surface area contributed by atoms with Gasteiger partial charge in [0.2, 0.25) is 0 Å². The summed E-state index contributed by atoms with van der Waals surface area (Å²) in [5, 5.41) is 5.03. The number of aryl methyl sites for hydroxylation is 1. The number of nitrogens with one attached hydrogen (secondary N) is 1. The van der Waals surface area contributed by atoms with Gasteiger partial charge >= 0.3 is 0 Å². The summed E-state index contributed by atoms with van der Waals surface area (Å²) in [6.45, 7) is 11.1. The van der Waals surface area contributed by atoms with E-state index in [1.54, 1.807) is 0 Å². The number of hydrogen-bond acceptors (Lipinski definition) is 3. The fraction of sp³-hybridized carbons (Fsp3) is 0.333. The molecule has 2 saturated heterocycles. The molecule has 5 nitrogen and oxygen atoms in total. The van der Waals surface area contributed by atoms with Crippen LogP contribution in [0.3, 0.4) is 0 Å². The average Bonchev–Trinajstić information content (AvgIpc) is 3.44. The Hall–Kier alpha value is -2.87. The van der Waals surface area contributed by atoms with Crippen molar-refractivity contribution in [1.82, 2.24) is 14.9 Å². The Morgan fingerprint density at radius 1 is 0.951 bits per heavy atom. The molecule has 0 saturated carbocycles. The van der Waals surface area contributed by atoms with Crippen molar-refractivity contribution in [2.24, 2.45) is 11.8 Å². The Bertz CT molecular complexity index is 1560. The number of nitrogens with zero attached hydrogens (tertiary/aromatic N) is 4. The maximum atomic E-state index is 7.03. The van der Waals surface area contributed by atoms with E-state index in [0.29, 0.717) is 16.9 Å². The van der Waals surface area contributed by atoms with Gasteiger partial charge in [0.15, 0.2) is 5.11 Å². The molecule has 2 aromatic heterocycles. The molecule has 0 bridgehead atoms. The van der Waals surface area contributed by atoms with Gasteiger partial charge in [0.25, 0.3) is 0 Å². The molecule has 212 valence electrons. The Balaban J connectivity index is 1.44. The molecule has 0 aliphatic carbocycles. The first kappa shape index (κ1) is 28.3. The molecule has 4 atom stereocenters. The highest BCUT2D eigenvalue weighted by Gasteiger charge is 2.42. The fourth-order valence-corrected chi connectivity index (χ4v) is 7.69. The molecule has 41 heavy (non-hydrogen) atoms. The van der Waals surface area contributed by atoms with Gasteiger partial charge in [-0.25, -0.2) is 0 Å². The van der Waals surface area contributed by atoms with Gasteiger partial charge in [-0.1, -0.05) is 47.4 Å². The van der Waals surface area contributed by atoms with Gasteiger partial charge in [0.1, 0.15) is 0 Å². The molecule has 2 aromatic carbocycles. The van der Waals surface area contributed by atoms with Crippen molar-refractivity contribution in [3.05, 3.63) is 105 Å². The lowest BCUT2D eigenvalue weighted by molar-refractivity contribution is 0.357. The predicted molar refractivity (Wildman–Crippen MR) is 177 cm³/mol. The number of rotatable bonds is 5. The third-order valence-corrected chi connectivity index (χ3v) is 9.54. The second-order valence-corrected chi connectivity index (χ2v) is 13.3. The van der Waals surface area contributed by atoms with Crippen LogP contribution in [0.1, 0.15) is 55.0 Å². The molecule has 6 rings (SSSR count). The number of anilines is 2. The average molecular weight is 649 g/mol. The fourth-order valence-electron chi connectivity index (χ4n) is 6.79. The molecule has 4 heterocycles. The van der Waals surface area contributed by atoms with Crippen LogP contribution in [-0.4, -0.2) is 27.8 Å². The number of benzene rings is 2. The van der Waals surface area contributed by atoms with E-state index in [-0.39, 0.29) is 12.1 Å². The Morgan fingerprint density at radius 2 is 1.66 bits per heavy atom. The van der Waals surface area contributed by atoms with Gasteiger partial charge in [-0.2, -0.15) is 0 Å². The lowest BCUT2D eigenvalue weighted by Gasteiger charge is -2.37. The van der Waals surface area contributed by atoms with Crippen LogP contribution < -0.4 is 15.1 Å². The van der Waals surface area contributed by atoms with Crippen LogP contribution in [0.5, 0.6) is 0 Å². The monoisotopic (exact) mass is 647 g/mol. The minimum Gasteiger partial charge on any atom is -0.370 e. The Kier molecular flexibility index (Phi) is 7.88. The number of hydrogen-bond donors (Lipinski definition) is 1. The molecule has 1 N–H and O–H groups in total. The largest absolute Gasteiger partial charge is 0.370 e. The van der Waals surface area contributed by atoms with Crippen molar-refractivity contribution in [2.75, 3.05) is 22.9 Å². The van der Waals surface area contributed by atoms with Crippen molar-refractivity contribution < 1.29 is 0 Å². The van der Waals surface area contributed by atoms with Crippen LogP contribution in [0.15, 0.2) is 77.4 Å². The lowest BCUT2D eigenvalue weighted by atomic mass is 9.91. The summed E-state index contributed by atoms with van der Waals surface area (Å²) in [5.74, 6) is 1.30. The zero-order chi connectivity index (χ0) is 28.8. The molecule has 0 spiro atoms. The summed E-state index contributed by atoms with van der Waals surface area (Å²) in [6, 6.07) is 23.0. The van der Waals surface area contributed by atoms with Gasteiger partial charge in [0.05, 0.1) is 28.5 Å². The van der Waals surface area contributed by atoms with Gasteiger partial charge in [-0.15, -0.1) is 0 Å². The highest BCUT2D eigenvalue weighted by atomic mass is 79.9. The van der Waals surface area contributed by atoms with E-state index in [0.717, 1.165) is 45.3 Å². The molecule has 2 fully saturated rings. The zero-order valence-electron chi connectivity index (χ0n) is 23.8. The summed E-state index contributed by atoms with van der Waals surface area (Å²) in [4.78, 5) is 9.40. The molecule has 0 amide bonds. The van der Waals surface area contributed by atoms with Crippen LogP contribution >= 0.6 is 39.7 Å². The lowest BCUT2D eigenvalue weighted by Crippen LogP contribution is -2.38. The van der Waals surface area contributed by atoms with Crippen LogP contribution in [0.25, 0.3) is 5.69 Å². The zero-order valence-corrected chi connectivity index (χ0v) is 27.0. The van der Waals surface area contributed by atoms with E-state index in [9.17, 15) is 0 Å². The van der Waals surface area contributed by atoms with E-state index in [1.165, 1.54) is 23.4 Å². The maximum absolute atomic E-state index is 7.03. The summed E-state index contributed by atoms with van der Waals surface area (Å²) in [7, 11) is 0. The van der Waals surface area contributed by atoms with Crippen molar-refractivity contribution in [3.63, 3.8) is 0 Å². The second-order valence-electron chi connectivity index (χ2n) is 11.6. The van der Waals surface area contributed by atoms with E-state index < -0.39 is 0 Å². The molecule has 2 aliphatic heterocycles. The van der Waals surface area contributed by atoms with Crippen LogP contribution in [0, 0.1) is 25.7 Å². The smallest absolute Gasteiger partial charge is 0.174 e. The summed E-state index contributed by atoms with van der Waals surface area (Å²) in [5.41, 5.74) is 7.69. The first-order valence-electron chi connectivity index (χ1n) is 14.2. The third kappa shape index (κ3) is 5.40. The van der Waals surface area contributed by atoms with Crippen molar-refractivity contribution in [3.8, 4) is 5.69 Å². The normalized spacial score (nSPS) is 22.7. The van der Waals surface area contributed by atoms with E-state index in [2.05, 4.69) is 118 Å². The second kappa shape index (κ2) is 11.4. The van der Waals surface area contributed by atoms with Crippen LogP contribution in [0.2, 0.25) is 5.02 Å². The Morgan fingerprint density at radius 3 is 2.32 bits per heavy atom. The van der Waals surface area contributed by atoms with E-state index >= 15 is 0 Å². The summed E-state index contributed by atoms with van der Waals surface area (Å²) in [6.07, 6.45) is 3.10. The van der Waals surface area contributed by atoms with Crippen molar-refractivity contribution >= 4 is 56.2 Å². The van der Waals surface area contributed by atoms with Gasteiger partial charge in [-0.05, 0) is 111 Å². The van der Waals surface area contributed by atoms with Gasteiger partial charge < -0.3 is 19.7 Å². The predicted octanol–water partition coefficient (Wildman–Crippen LogP) is 8.56. The van der Waals surface area contributed by atoms with Gasteiger partial charge in [-0.3, -0.25) is 4.98 Å². The number of thiocarbonyl (C=S) groups is 1. The number of pyridine rings is 1. The van der Waals surface area contributed by atoms with Crippen molar-refractivity contribution in [1.29, 1.82) is 0 Å². The minimum atomic E-state index is -0.121. The standard InChI is InChI=1S/C33H35BrClN5S/c1-20-15-21(2)19-38(18-20)30-13-12-26(17-28(30)35)40-32(31(37-33(40)41)29-7-5-6-14-36-29)27-16-22(3)39(23(27)4)25-10-8-24(34)9-11-25/h5-14,16-17,20-21,31-32H,15,18-19H2,1-4H3,(H,37,41). The Labute approximate surface area is 261 Å². The van der Waals surface area contributed by atoms with Crippen molar-refractivity contribution in [2.45, 2.75) is 46.2 Å². The first-order valence-corrected chi connectivity index (χ1v) is 15.8. The van der Waals surface area contributed by atoms with Gasteiger partial charge in [0, 0.05) is 46.5 Å². The third-order valence-electron chi connectivity index (χ3n) is 8.39. The molecule has 0 radical (unpaired) electrons. The first-order chi connectivity index (χ1) is 19.7. The highest BCUT2D eigenvalue weighted by molar-refractivity contribution is 9.10. The number of halogens is 2. The number of piperidine rings is 1. The van der Waals surface area contributed by atoms with E-state index in [1.807, 2.05) is 18.3 Å². The molecular weight excluding hydrogens is 614 g/mol. The molecule has 4 aromatic rings. The minimum absolute atomic E-state index is 0.107. The van der Waals surface area contributed by atoms with Crippen LogP contribution in [0.4, 0.5) is 11.4 Å². The maximum Gasteiger partial charge on any atom is 0.174 e. The number of aromatic nitrogens is 2. The van der Waals surface area contributed by atoms with Crippen LogP contribution in [-0.2, 0) is 0 Å². The quantitative estimate of drug-likeness (QED) is 0.220. The van der Waals surface area contributed by atoms with E-state index in [4.69, 9.17) is 28.8 Å².